The zero-order valence-electron chi connectivity index (χ0n) is 12.6. The largest absolute Gasteiger partial charge is 0.495 e. The molecule has 0 aliphatic rings. The normalized spacial score (nSPS) is 9.83. The molecule has 0 aliphatic heterocycles. The van der Waals surface area contributed by atoms with Crippen molar-refractivity contribution in [2.75, 3.05) is 17.9 Å². The maximum atomic E-state index is 11.9. The van der Waals surface area contributed by atoms with Crippen LogP contribution in [0.2, 0.25) is 0 Å². The fraction of sp³-hybridized carbons (Fsp3) is 0.133. The first-order valence-electron chi connectivity index (χ1n) is 6.71. The van der Waals surface area contributed by atoms with Gasteiger partial charge in [0.25, 0.3) is 5.69 Å². The second-order valence-electron chi connectivity index (χ2n) is 4.71. The lowest BCUT2D eigenvalue weighted by molar-refractivity contribution is -0.384. The minimum Gasteiger partial charge on any atom is -0.495 e. The van der Waals surface area contributed by atoms with Crippen LogP contribution in [-0.2, 0) is 0 Å². The van der Waals surface area contributed by atoms with Gasteiger partial charge in [0.1, 0.15) is 5.75 Å². The van der Waals surface area contributed by atoms with E-state index in [0.717, 1.165) is 5.56 Å². The highest BCUT2D eigenvalue weighted by atomic mass is 16.6. The van der Waals surface area contributed by atoms with E-state index in [1.54, 1.807) is 12.1 Å². The number of non-ortho nitro benzene ring substituents is 1. The fourth-order valence-corrected chi connectivity index (χ4v) is 1.87. The summed E-state index contributed by atoms with van der Waals surface area (Å²) in [6.07, 6.45) is 0. The number of carbonyl (C=O) groups excluding carboxylic acids is 1. The third-order valence-electron chi connectivity index (χ3n) is 3.00. The zero-order valence-corrected chi connectivity index (χ0v) is 12.6. The van der Waals surface area contributed by atoms with Gasteiger partial charge in [-0.1, -0.05) is 6.07 Å². The molecule has 0 radical (unpaired) electrons. The number of methoxy groups -OCH3 is 1. The SMILES string of the molecule is COc1ccc(C)cc1NC(=O)NNc1ccc([N+](=O)[O-])cc1. The number of anilines is 2. The number of nitro groups is 1. The highest BCUT2D eigenvalue weighted by molar-refractivity contribution is 5.91. The highest BCUT2D eigenvalue weighted by Crippen LogP contribution is 2.25. The second-order valence-corrected chi connectivity index (χ2v) is 4.71. The van der Waals surface area contributed by atoms with Crippen LogP contribution in [0.1, 0.15) is 5.56 Å². The van der Waals surface area contributed by atoms with Gasteiger partial charge in [0.05, 0.1) is 23.4 Å². The van der Waals surface area contributed by atoms with Gasteiger partial charge < -0.3 is 10.1 Å². The van der Waals surface area contributed by atoms with E-state index in [0.29, 0.717) is 17.1 Å². The van der Waals surface area contributed by atoms with Gasteiger partial charge in [0.15, 0.2) is 0 Å². The quantitative estimate of drug-likeness (QED) is 0.580. The maximum absolute atomic E-state index is 11.9. The van der Waals surface area contributed by atoms with Crippen molar-refractivity contribution in [2.24, 2.45) is 0 Å². The number of amides is 2. The monoisotopic (exact) mass is 316 g/mol. The van der Waals surface area contributed by atoms with Crippen molar-refractivity contribution in [3.63, 3.8) is 0 Å². The Labute approximate surface area is 132 Å². The van der Waals surface area contributed by atoms with E-state index in [4.69, 9.17) is 4.74 Å². The number of nitrogens with one attached hydrogen (secondary N) is 3. The molecule has 8 heteroatoms. The Bertz CT molecular complexity index is 716. The third-order valence-corrected chi connectivity index (χ3v) is 3.00. The number of carbonyl (C=O) groups is 1. The summed E-state index contributed by atoms with van der Waals surface area (Å²) in [5.41, 5.74) is 7.10. The van der Waals surface area contributed by atoms with Gasteiger partial charge in [-0.3, -0.25) is 21.0 Å². The fourth-order valence-electron chi connectivity index (χ4n) is 1.87. The third kappa shape index (κ3) is 4.34. The molecule has 0 saturated heterocycles. The molecule has 2 amide bonds. The molecule has 2 aromatic carbocycles. The average Bonchev–Trinajstić information content (AvgIpc) is 2.53. The number of urea groups is 1. The lowest BCUT2D eigenvalue weighted by Crippen LogP contribution is -2.33. The van der Waals surface area contributed by atoms with Gasteiger partial charge >= 0.3 is 6.03 Å². The first-order valence-corrected chi connectivity index (χ1v) is 6.71. The first-order chi connectivity index (χ1) is 11.0. The Morgan fingerprint density at radius 3 is 2.48 bits per heavy atom. The minimum atomic E-state index is -0.493. The van der Waals surface area contributed by atoms with Crippen LogP contribution >= 0.6 is 0 Å². The van der Waals surface area contributed by atoms with Crippen LogP contribution in [-0.4, -0.2) is 18.1 Å². The molecule has 0 spiro atoms. The predicted octanol–water partition coefficient (Wildman–Crippen LogP) is 3.06. The van der Waals surface area contributed by atoms with Crippen molar-refractivity contribution in [1.29, 1.82) is 0 Å². The molecular formula is C15H16N4O4. The number of nitrogens with zero attached hydrogens (tertiary/aromatic N) is 1. The van der Waals surface area contributed by atoms with Gasteiger partial charge in [-0.05, 0) is 36.8 Å². The number of benzene rings is 2. The Balaban J connectivity index is 1.95. The summed E-state index contributed by atoms with van der Waals surface area (Å²) >= 11 is 0. The molecule has 0 bridgehead atoms. The summed E-state index contributed by atoms with van der Waals surface area (Å²) in [6.45, 7) is 1.90. The standard InChI is InChI=1S/C15H16N4O4/c1-10-3-8-14(23-2)13(9-10)16-15(20)18-17-11-4-6-12(7-5-11)19(21)22/h3-9,17H,1-2H3,(H2,16,18,20). The van der Waals surface area contributed by atoms with E-state index < -0.39 is 11.0 Å². The molecule has 8 nitrogen and oxygen atoms in total. The summed E-state index contributed by atoms with van der Waals surface area (Å²) in [6, 6.07) is 10.6. The van der Waals surface area contributed by atoms with Crippen molar-refractivity contribution in [3.8, 4) is 5.75 Å². The van der Waals surface area contributed by atoms with Crippen molar-refractivity contribution in [3.05, 3.63) is 58.1 Å². The zero-order chi connectivity index (χ0) is 16.8. The molecular weight excluding hydrogens is 300 g/mol. The van der Waals surface area contributed by atoms with E-state index >= 15 is 0 Å². The Morgan fingerprint density at radius 2 is 1.87 bits per heavy atom. The molecule has 0 fully saturated rings. The number of ether oxygens (including phenoxy) is 1. The number of hydrogen-bond acceptors (Lipinski definition) is 5. The van der Waals surface area contributed by atoms with Gasteiger partial charge in [-0.25, -0.2) is 4.79 Å². The minimum absolute atomic E-state index is 0.0236. The van der Waals surface area contributed by atoms with Gasteiger partial charge in [-0.2, -0.15) is 0 Å². The molecule has 23 heavy (non-hydrogen) atoms. The average molecular weight is 316 g/mol. The van der Waals surface area contributed by atoms with E-state index in [1.807, 2.05) is 13.0 Å². The number of hydrogen-bond donors (Lipinski definition) is 3. The molecule has 0 aliphatic carbocycles. The van der Waals surface area contributed by atoms with Crippen LogP contribution in [0.5, 0.6) is 5.75 Å². The van der Waals surface area contributed by atoms with Crippen LogP contribution in [0.4, 0.5) is 21.9 Å². The molecule has 0 unspecified atom stereocenters. The topological polar surface area (TPSA) is 106 Å². The van der Waals surface area contributed by atoms with E-state index in [-0.39, 0.29) is 5.69 Å². The lowest BCUT2D eigenvalue weighted by atomic mass is 10.2. The van der Waals surface area contributed by atoms with E-state index in [2.05, 4.69) is 16.2 Å². The van der Waals surface area contributed by atoms with Gasteiger partial charge in [-0.15, -0.1) is 0 Å². The summed E-state index contributed by atoms with van der Waals surface area (Å²) in [4.78, 5) is 22.0. The second kappa shape index (κ2) is 7.12. The van der Waals surface area contributed by atoms with Crippen LogP contribution < -0.4 is 20.9 Å². The Kier molecular flexibility index (Phi) is 4.98. The summed E-state index contributed by atoms with van der Waals surface area (Å²) in [7, 11) is 1.52. The highest BCUT2D eigenvalue weighted by Gasteiger charge is 2.08. The molecule has 120 valence electrons. The van der Waals surface area contributed by atoms with Crippen molar-refractivity contribution < 1.29 is 14.5 Å². The summed E-state index contributed by atoms with van der Waals surface area (Å²) in [5.74, 6) is 0.543. The summed E-state index contributed by atoms with van der Waals surface area (Å²) in [5, 5.41) is 13.2. The van der Waals surface area contributed by atoms with Crippen LogP contribution in [0.3, 0.4) is 0 Å². The number of hydrazine groups is 1. The number of rotatable bonds is 5. The number of aryl methyl sites for hydroxylation is 1. The predicted molar refractivity (Wildman–Crippen MR) is 86.6 cm³/mol. The van der Waals surface area contributed by atoms with Crippen molar-refractivity contribution in [1.82, 2.24) is 5.43 Å². The van der Waals surface area contributed by atoms with Crippen LogP contribution in [0.15, 0.2) is 42.5 Å². The molecule has 0 heterocycles. The maximum Gasteiger partial charge on any atom is 0.337 e. The Morgan fingerprint density at radius 1 is 1.17 bits per heavy atom. The van der Waals surface area contributed by atoms with Crippen LogP contribution in [0.25, 0.3) is 0 Å². The van der Waals surface area contributed by atoms with Gasteiger partial charge in [0.2, 0.25) is 0 Å². The molecule has 0 aromatic heterocycles. The smallest absolute Gasteiger partial charge is 0.337 e. The molecule has 3 N–H and O–H groups in total. The first kappa shape index (κ1) is 16.1. The molecule has 0 atom stereocenters. The lowest BCUT2D eigenvalue weighted by Gasteiger charge is -2.13. The number of nitro benzene ring substituents is 1. The van der Waals surface area contributed by atoms with Crippen molar-refractivity contribution in [2.45, 2.75) is 6.92 Å². The van der Waals surface area contributed by atoms with Crippen LogP contribution in [0, 0.1) is 17.0 Å². The van der Waals surface area contributed by atoms with Crippen molar-refractivity contribution >= 4 is 23.1 Å². The summed E-state index contributed by atoms with van der Waals surface area (Å²) < 4.78 is 5.17. The van der Waals surface area contributed by atoms with E-state index in [9.17, 15) is 14.9 Å². The van der Waals surface area contributed by atoms with Gasteiger partial charge in [0, 0.05) is 12.1 Å². The van der Waals surface area contributed by atoms with E-state index in [1.165, 1.54) is 31.4 Å². The Hall–Kier alpha value is -3.29. The molecule has 2 aromatic rings. The molecule has 0 saturated carbocycles. The molecule has 2 rings (SSSR count).